The summed E-state index contributed by atoms with van der Waals surface area (Å²) in [5, 5.41) is 33.3. The molecule has 0 aliphatic heterocycles. The van der Waals surface area contributed by atoms with Gasteiger partial charge in [0.15, 0.2) is 11.5 Å². The summed E-state index contributed by atoms with van der Waals surface area (Å²) in [4.78, 5) is 22.9. The Bertz CT molecular complexity index is 1670. The summed E-state index contributed by atoms with van der Waals surface area (Å²) < 4.78 is 1.47. The zero-order valence-electron chi connectivity index (χ0n) is 21.0. The highest BCUT2D eigenvalue weighted by Crippen LogP contribution is 2.31. The third-order valence-corrected chi connectivity index (χ3v) is 6.08. The van der Waals surface area contributed by atoms with Crippen LogP contribution < -0.4 is 5.56 Å². The van der Waals surface area contributed by atoms with Crippen molar-refractivity contribution >= 4 is 11.0 Å². The van der Waals surface area contributed by atoms with Crippen LogP contribution >= 0.6 is 0 Å². The minimum Gasteiger partial charge on any atom is -0.507 e. The maximum Gasteiger partial charge on any atom is 0.256 e. The molecule has 0 unspecified atom stereocenters. The Kier molecular flexibility index (Phi) is 6.04. The first-order valence-corrected chi connectivity index (χ1v) is 11.9. The normalized spacial score (nSPS) is 11.8. The summed E-state index contributed by atoms with van der Waals surface area (Å²) in [6.45, 7) is 7.63. The van der Waals surface area contributed by atoms with Crippen molar-refractivity contribution in [3.8, 4) is 28.3 Å². The van der Waals surface area contributed by atoms with E-state index >= 15 is 0 Å². The summed E-state index contributed by atoms with van der Waals surface area (Å²) in [6.07, 6.45) is 0. The number of tetrazole rings is 1. The number of nitrogens with zero attached hydrogens (tertiary/aromatic N) is 7. The first-order chi connectivity index (χ1) is 17.7. The van der Waals surface area contributed by atoms with Gasteiger partial charge in [0.05, 0.1) is 23.2 Å². The summed E-state index contributed by atoms with van der Waals surface area (Å²) in [7, 11) is 0. The van der Waals surface area contributed by atoms with Crippen molar-refractivity contribution in [1.29, 1.82) is 0 Å². The summed E-state index contributed by atoms with van der Waals surface area (Å²) >= 11 is 0. The van der Waals surface area contributed by atoms with Crippen molar-refractivity contribution in [2.24, 2.45) is 0 Å². The number of fused-ring (bicyclic) bond motifs is 1. The molecule has 10 nitrogen and oxygen atoms in total. The first kappa shape index (κ1) is 24.3. The largest absolute Gasteiger partial charge is 0.507 e. The van der Waals surface area contributed by atoms with E-state index in [1.165, 1.54) is 10.6 Å². The van der Waals surface area contributed by atoms with Gasteiger partial charge in [-0.25, -0.2) is 9.97 Å². The number of hydrogen-bond donors (Lipinski definition) is 2. The predicted molar refractivity (Wildman–Crippen MR) is 139 cm³/mol. The molecule has 0 bridgehead atoms. The second-order valence-electron chi connectivity index (χ2n) is 9.85. The number of rotatable bonds is 5. The van der Waals surface area contributed by atoms with E-state index in [2.05, 4.69) is 25.4 Å². The molecule has 0 radical (unpaired) electrons. The number of hydrogen-bond acceptors (Lipinski definition) is 8. The number of aromatic nitrogens is 7. The van der Waals surface area contributed by atoms with Gasteiger partial charge in [-0.05, 0) is 49.6 Å². The molecule has 3 heterocycles. The lowest BCUT2D eigenvalue weighted by atomic mass is 9.98. The fourth-order valence-electron chi connectivity index (χ4n) is 4.21. The maximum atomic E-state index is 12.8. The first-order valence-electron chi connectivity index (χ1n) is 11.9. The zero-order chi connectivity index (χ0) is 26.3. The topological polar surface area (TPSA) is 132 Å². The smallest absolute Gasteiger partial charge is 0.256 e. The molecule has 10 heteroatoms. The summed E-state index contributed by atoms with van der Waals surface area (Å²) in [6, 6.07) is 16.9. The van der Waals surface area contributed by atoms with Gasteiger partial charge in [-0.3, -0.25) is 9.36 Å². The Morgan fingerprint density at radius 3 is 2.32 bits per heavy atom. The molecule has 0 atom stereocenters. The van der Waals surface area contributed by atoms with E-state index in [9.17, 15) is 15.0 Å². The molecule has 0 aliphatic carbocycles. The van der Waals surface area contributed by atoms with E-state index in [0.29, 0.717) is 16.9 Å². The molecule has 2 aromatic carbocycles. The molecule has 0 aliphatic rings. The van der Waals surface area contributed by atoms with Crippen molar-refractivity contribution in [3.63, 3.8) is 0 Å². The van der Waals surface area contributed by atoms with Gasteiger partial charge in [0.1, 0.15) is 12.4 Å². The number of aromatic hydroxyl groups is 1. The molecular formula is C27H27N7O3. The van der Waals surface area contributed by atoms with Crippen LogP contribution in [0.2, 0.25) is 0 Å². The average Bonchev–Trinajstić information content (AvgIpc) is 3.37. The summed E-state index contributed by atoms with van der Waals surface area (Å²) in [5.74, 6) is 0.557. The van der Waals surface area contributed by atoms with Crippen molar-refractivity contribution < 1.29 is 10.2 Å². The monoisotopic (exact) mass is 497 g/mol. The molecule has 5 rings (SSSR count). The quantitative estimate of drug-likeness (QED) is 0.378. The Labute approximate surface area is 212 Å². The van der Waals surface area contributed by atoms with Crippen molar-refractivity contribution in [2.45, 2.75) is 46.4 Å². The second kappa shape index (κ2) is 9.21. The summed E-state index contributed by atoms with van der Waals surface area (Å²) in [5.41, 5.74) is 3.77. The highest BCUT2D eigenvalue weighted by atomic mass is 16.3. The van der Waals surface area contributed by atoms with Gasteiger partial charge in [0.2, 0.25) is 5.82 Å². The molecule has 0 amide bonds. The fourth-order valence-corrected chi connectivity index (χ4v) is 4.21. The third-order valence-electron chi connectivity index (χ3n) is 6.08. The Balaban J connectivity index is 1.51. The second-order valence-corrected chi connectivity index (χ2v) is 9.85. The Morgan fingerprint density at radius 1 is 0.973 bits per heavy atom. The fraction of sp³-hybridized carbons (Fsp3) is 0.259. The van der Waals surface area contributed by atoms with Crippen LogP contribution in [0.4, 0.5) is 0 Å². The van der Waals surface area contributed by atoms with Crippen molar-refractivity contribution in [3.05, 3.63) is 82.0 Å². The van der Waals surface area contributed by atoms with E-state index in [1.54, 1.807) is 11.7 Å². The Morgan fingerprint density at radius 2 is 1.68 bits per heavy atom. The maximum absolute atomic E-state index is 12.8. The van der Waals surface area contributed by atoms with Crippen molar-refractivity contribution in [2.75, 3.05) is 0 Å². The van der Waals surface area contributed by atoms with Gasteiger partial charge in [-0.2, -0.15) is 4.80 Å². The van der Waals surface area contributed by atoms with Crippen LogP contribution in [0.15, 0.2) is 59.4 Å². The predicted octanol–water partition coefficient (Wildman–Crippen LogP) is 3.42. The number of aryl methyl sites for hydroxylation is 1. The number of aliphatic hydroxyl groups is 1. The van der Waals surface area contributed by atoms with E-state index in [1.807, 2.05) is 69.3 Å². The molecule has 37 heavy (non-hydrogen) atoms. The van der Waals surface area contributed by atoms with Crippen LogP contribution in [-0.4, -0.2) is 45.0 Å². The van der Waals surface area contributed by atoms with Crippen LogP contribution in [0.25, 0.3) is 33.5 Å². The molecule has 0 saturated heterocycles. The van der Waals surface area contributed by atoms with Gasteiger partial charge in [0.25, 0.3) is 5.56 Å². The lowest BCUT2D eigenvalue weighted by Crippen LogP contribution is -2.24. The average molecular weight is 498 g/mol. The number of benzene rings is 2. The van der Waals surface area contributed by atoms with E-state index in [0.717, 1.165) is 22.3 Å². The van der Waals surface area contributed by atoms with Crippen LogP contribution in [0, 0.1) is 6.92 Å². The van der Waals surface area contributed by atoms with Gasteiger partial charge >= 0.3 is 0 Å². The minimum atomic E-state index is -0.394. The van der Waals surface area contributed by atoms with Gasteiger partial charge < -0.3 is 10.2 Å². The number of aliphatic hydroxyl groups excluding tert-OH is 1. The standard InChI is InChI=1S/C27H27N7O3/c1-16-24-21(36)13-23(37)33(26(24)29-22(15-35)28-16)14-17-9-11-18(12-10-17)19-7-5-6-8-20(19)25-30-32-34(31-25)27(2,3)4/h5-13,35-36H,14-15H2,1-4H3. The highest BCUT2D eigenvalue weighted by Gasteiger charge is 2.19. The molecule has 188 valence electrons. The third kappa shape index (κ3) is 4.58. The van der Waals surface area contributed by atoms with Gasteiger partial charge in [0, 0.05) is 11.6 Å². The van der Waals surface area contributed by atoms with Crippen LogP contribution in [0.1, 0.15) is 37.9 Å². The lowest BCUT2D eigenvalue weighted by Gasteiger charge is -2.15. The van der Waals surface area contributed by atoms with E-state index in [-0.39, 0.29) is 35.9 Å². The highest BCUT2D eigenvalue weighted by molar-refractivity contribution is 5.84. The minimum absolute atomic E-state index is 0.179. The lowest BCUT2D eigenvalue weighted by molar-refractivity contribution is 0.271. The van der Waals surface area contributed by atoms with Crippen LogP contribution in [0.3, 0.4) is 0 Å². The number of pyridine rings is 1. The van der Waals surface area contributed by atoms with Crippen LogP contribution in [-0.2, 0) is 18.7 Å². The molecule has 0 spiro atoms. The molecule has 3 aromatic heterocycles. The molecule has 0 fully saturated rings. The molecule has 5 aromatic rings. The van der Waals surface area contributed by atoms with Crippen LogP contribution in [0.5, 0.6) is 5.75 Å². The van der Waals surface area contributed by atoms with E-state index in [4.69, 9.17) is 0 Å². The molecular weight excluding hydrogens is 470 g/mol. The van der Waals surface area contributed by atoms with Gasteiger partial charge in [-0.15, -0.1) is 10.2 Å². The SMILES string of the molecule is Cc1nc(CO)nc2c1c(O)cc(=O)n2Cc1ccc(-c2ccccc2-c2nnn(C(C)(C)C)n2)cc1. The Hall–Kier alpha value is -4.44. The van der Waals surface area contributed by atoms with Crippen molar-refractivity contribution in [1.82, 2.24) is 34.7 Å². The van der Waals surface area contributed by atoms with E-state index < -0.39 is 5.56 Å². The zero-order valence-corrected chi connectivity index (χ0v) is 21.0. The molecule has 0 saturated carbocycles. The molecule has 2 N–H and O–H groups in total. The van der Waals surface area contributed by atoms with Gasteiger partial charge in [-0.1, -0.05) is 48.5 Å².